The number of nitrogens with zero attached hydrogens (tertiary/aromatic N) is 4. The number of piperidine rings is 1. The number of pyridine rings is 1. The van der Waals surface area contributed by atoms with Gasteiger partial charge in [-0.25, -0.2) is 12.7 Å². The normalized spacial score (nSPS) is 17.3. The molecule has 0 saturated carbocycles. The molecule has 7 nitrogen and oxygen atoms in total. The Balaban J connectivity index is 1.51. The van der Waals surface area contributed by atoms with Crippen molar-refractivity contribution >= 4 is 26.5 Å². The summed E-state index contributed by atoms with van der Waals surface area (Å²) in [6.07, 6.45) is 4.74. The van der Waals surface area contributed by atoms with Gasteiger partial charge in [0, 0.05) is 25.8 Å². The molecule has 3 heterocycles. The summed E-state index contributed by atoms with van der Waals surface area (Å²) >= 11 is 1.48. The predicted octanol–water partition coefficient (Wildman–Crippen LogP) is 1.68. The second-order valence-electron chi connectivity index (χ2n) is 5.61. The molecule has 0 spiro atoms. The van der Waals surface area contributed by atoms with E-state index in [4.69, 9.17) is 0 Å². The van der Waals surface area contributed by atoms with Crippen LogP contribution in [-0.4, -0.2) is 53.8 Å². The van der Waals surface area contributed by atoms with Gasteiger partial charge in [0.05, 0.1) is 6.26 Å². The highest BCUT2D eigenvalue weighted by Gasteiger charge is 2.24. The van der Waals surface area contributed by atoms with E-state index in [9.17, 15) is 8.42 Å². The van der Waals surface area contributed by atoms with Crippen LogP contribution in [0, 0.1) is 5.92 Å². The molecule has 2 aromatic rings. The van der Waals surface area contributed by atoms with Gasteiger partial charge >= 0.3 is 0 Å². The van der Waals surface area contributed by atoms with Crippen molar-refractivity contribution in [2.24, 2.45) is 5.92 Å². The third-order valence-electron chi connectivity index (χ3n) is 3.89. The fourth-order valence-corrected chi connectivity index (χ4v) is 4.17. The molecule has 0 aromatic carbocycles. The van der Waals surface area contributed by atoms with Crippen LogP contribution in [0.2, 0.25) is 0 Å². The van der Waals surface area contributed by atoms with Gasteiger partial charge in [0.15, 0.2) is 5.01 Å². The van der Waals surface area contributed by atoms with Crippen molar-refractivity contribution in [2.45, 2.75) is 12.8 Å². The third kappa shape index (κ3) is 4.24. The Morgan fingerprint density at radius 3 is 2.74 bits per heavy atom. The molecule has 124 valence electrons. The van der Waals surface area contributed by atoms with Gasteiger partial charge in [0.2, 0.25) is 15.2 Å². The number of hydrogen-bond donors (Lipinski definition) is 1. The first-order valence-electron chi connectivity index (χ1n) is 7.46. The summed E-state index contributed by atoms with van der Waals surface area (Å²) in [5, 5.41) is 13.2. The van der Waals surface area contributed by atoms with Crippen molar-refractivity contribution in [3.05, 3.63) is 24.4 Å². The second-order valence-corrected chi connectivity index (χ2v) is 8.57. The average Bonchev–Trinajstić information content (AvgIpc) is 3.02. The van der Waals surface area contributed by atoms with Crippen LogP contribution in [0.3, 0.4) is 0 Å². The lowest BCUT2D eigenvalue weighted by molar-refractivity contribution is 0.283. The summed E-state index contributed by atoms with van der Waals surface area (Å²) in [6.45, 7) is 1.98. The van der Waals surface area contributed by atoms with E-state index in [2.05, 4.69) is 20.5 Å². The molecule has 0 atom stereocenters. The molecule has 0 aliphatic carbocycles. The van der Waals surface area contributed by atoms with Crippen LogP contribution in [0.5, 0.6) is 0 Å². The van der Waals surface area contributed by atoms with Crippen molar-refractivity contribution in [2.75, 3.05) is 31.2 Å². The molecule has 1 aliphatic rings. The predicted molar refractivity (Wildman–Crippen MR) is 90.8 cm³/mol. The summed E-state index contributed by atoms with van der Waals surface area (Å²) < 4.78 is 24.5. The highest BCUT2D eigenvalue weighted by Crippen LogP contribution is 2.25. The number of hydrogen-bond acceptors (Lipinski definition) is 7. The van der Waals surface area contributed by atoms with Crippen LogP contribution in [0.4, 0.5) is 5.13 Å². The Kier molecular flexibility index (Phi) is 4.88. The maximum atomic E-state index is 11.5. The largest absolute Gasteiger partial charge is 0.360 e. The summed E-state index contributed by atoms with van der Waals surface area (Å²) in [5.74, 6) is 0.454. The average molecular weight is 353 g/mol. The summed E-state index contributed by atoms with van der Waals surface area (Å²) in [6, 6.07) is 5.70. The quantitative estimate of drug-likeness (QED) is 0.880. The first-order chi connectivity index (χ1) is 11.0. The minimum absolute atomic E-state index is 0.454. The molecule has 1 N–H and O–H groups in total. The first-order valence-corrected chi connectivity index (χ1v) is 10.1. The van der Waals surface area contributed by atoms with E-state index in [1.807, 2.05) is 18.2 Å². The van der Waals surface area contributed by atoms with E-state index in [1.54, 1.807) is 10.5 Å². The number of sulfonamides is 1. The molecular formula is C14H19N5O2S2. The Morgan fingerprint density at radius 1 is 1.30 bits per heavy atom. The minimum atomic E-state index is -3.06. The van der Waals surface area contributed by atoms with Gasteiger partial charge in [-0.3, -0.25) is 4.98 Å². The smallest absolute Gasteiger partial charge is 0.211 e. The molecule has 1 saturated heterocycles. The van der Waals surface area contributed by atoms with E-state index >= 15 is 0 Å². The van der Waals surface area contributed by atoms with Crippen LogP contribution in [-0.2, 0) is 10.0 Å². The molecule has 1 fully saturated rings. The van der Waals surface area contributed by atoms with Crippen molar-refractivity contribution in [1.29, 1.82) is 0 Å². The highest BCUT2D eigenvalue weighted by atomic mass is 32.2. The molecule has 1 aliphatic heterocycles. The van der Waals surface area contributed by atoms with Crippen LogP contribution in [0.1, 0.15) is 12.8 Å². The van der Waals surface area contributed by atoms with Crippen LogP contribution in [0.25, 0.3) is 10.7 Å². The van der Waals surface area contributed by atoms with Gasteiger partial charge in [-0.1, -0.05) is 17.4 Å². The lowest BCUT2D eigenvalue weighted by atomic mass is 9.98. The summed E-state index contributed by atoms with van der Waals surface area (Å²) in [5.41, 5.74) is 0.819. The van der Waals surface area contributed by atoms with E-state index in [0.717, 1.165) is 35.2 Å². The molecule has 3 rings (SSSR count). The zero-order valence-electron chi connectivity index (χ0n) is 12.8. The molecule has 2 aromatic heterocycles. The van der Waals surface area contributed by atoms with E-state index in [1.165, 1.54) is 17.6 Å². The topological polar surface area (TPSA) is 88.1 Å². The van der Waals surface area contributed by atoms with E-state index in [-0.39, 0.29) is 0 Å². The van der Waals surface area contributed by atoms with Gasteiger partial charge < -0.3 is 5.32 Å². The van der Waals surface area contributed by atoms with E-state index in [0.29, 0.717) is 19.0 Å². The Bertz CT molecular complexity index is 740. The van der Waals surface area contributed by atoms with Crippen molar-refractivity contribution < 1.29 is 8.42 Å². The number of rotatable bonds is 5. The third-order valence-corrected chi connectivity index (χ3v) is 6.10. The van der Waals surface area contributed by atoms with Gasteiger partial charge in [-0.2, -0.15) is 0 Å². The van der Waals surface area contributed by atoms with Crippen LogP contribution >= 0.6 is 11.3 Å². The first kappa shape index (κ1) is 16.3. The maximum absolute atomic E-state index is 11.5. The van der Waals surface area contributed by atoms with E-state index < -0.39 is 10.0 Å². The molecule has 0 unspecified atom stereocenters. The van der Waals surface area contributed by atoms with Gasteiger partial charge in [0.1, 0.15) is 5.69 Å². The minimum Gasteiger partial charge on any atom is -0.360 e. The van der Waals surface area contributed by atoms with Gasteiger partial charge in [-0.05, 0) is 30.9 Å². The summed E-state index contributed by atoms with van der Waals surface area (Å²) in [4.78, 5) is 4.26. The Labute approximate surface area is 139 Å². The second kappa shape index (κ2) is 6.90. The number of aromatic nitrogens is 3. The number of anilines is 1. The van der Waals surface area contributed by atoms with Crippen molar-refractivity contribution in [1.82, 2.24) is 19.5 Å². The fourth-order valence-electron chi connectivity index (χ4n) is 2.56. The summed E-state index contributed by atoms with van der Waals surface area (Å²) in [7, 11) is -3.06. The van der Waals surface area contributed by atoms with Crippen molar-refractivity contribution in [3.63, 3.8) is 0 Å². The SMILES string of the molecule is CS(=O)(=O)N1CCC(CNc2nnc(-c3ccccn3)s2)CC1. The molecule has 9 heteroatoms. The molecule has 0 radical (unpaired) electrons. The molecule has 0 amide bonds. The monoisotopic (exact) mass is 353 g/mol. The van der Waals surface area contributed by atoms with Crippen LogP contribution < -0.4 is 5.32 Å². The number of nitrogens with one attached hydrogen (secondary N) is 1. The molecule has 23 heavy (non-hydrogen) atoms. The highest BCUT2D eigenvalue weighted by molar-refractivity contribution is 7.88. The van der Waals surface area contributed by atoms with Gasteiger partial charge in [0.25, 0.3) is 0 Å². The zero-order chi connectivity index (χ0) is 16.3. The molecular weight excluding hydrogens is 334 g/mol. The lowest BCUT2D eigenvalue weighted by Gasteiger charge is -2.30. The fraction of sp³-hybridized carbons (Fsp3) is 0.500. The Hall–Kier alpha value is -1.58. The standard InChI is InChI=1S/C14H19N5O2S2/c1-23(20,21)19-8-5-11(6-9-19)10-16-14-18-17-13(22-14)12-4-2-3-7-15-12/h2-4,7,11H,5-6,8-10H2,1H3,(H,16,18). The Morgan fingerprint density at radius 2 is 2.09 bits per heavy atom. The molecule has 0 bridgehead atoms. The lowest BCUT2D eigenvalue weighted by Crippen LogP contribution is -2.39. The van der Waals surface area contributed by atoms with Gasteiger partial charge in [-0.15, -0.1) is 10.2 Å². The maximum Gasteiger partial charge on any atom is 0.211 e. The van der Waals surface area contributed by atoms with Crippen molar-refractivity contribution in [3.8, 4) is 10.7 Å². The van der Waals surface area contributed by atoms with Crippen LogP contribution in [0.15, 0.2) is 24.4 Å². The zero-order valence-corrected chi connectivity index (χ0v) is 14.5.